The van der Waals surface area contributed by atoms with Crippen molar-refractivity contribution < 1.29 is 4.74 Å². The van der Waals surface area contributed by atoms with Crippen LogP contribution in [-0.2, 0) is 4.74 Å². The highest BCUT2D eigenvalue weighted by molar-refractivity contribution is 5.07. The van der Waals surface area contributed by atoms with Crippen molar-refractivity contribution in [3.63, 3.8) is 0 Å². The first-order valence-electron chi connectivity index (χ1n) is 6.93. The van der Waals surface area contributed by atoms with E-state index in [9.17, 15) is 0 Å². The fraction of sp³-hybridized carbons (Fsp3) is 1.00. The first-order valence-corrected chi connectivity index (χ1v) is 6.93. The van der Waals surface area contributed by atoms with Gasteiger partial charge in [0.25, 0.3) is 0 Å². The van der Waals surface area contributed by atoms with Gasteiger partial charge in [-0.1, -0.05) is 19.8 Å². The van der Waals surface area contributed by atoms with Crippen LogP contribution in [0.15, 0.2) is 0 Å². The van der Waals surface area contributed by atoms with Gasteiger partial charge < -0.3 is 4.74 Å². The summed E-state index contributed by atoms with van der Waals surface area (Å²) in [6.07, 6.45) is 11.7. The SMILES string of the molecule is C[C@]12C[C@@H]3O[C@@H]3C[C@@H]1CC[C@H]1CCC[C@@H]12. The Bertz CT molecular complexity index is 287. The van der Waals surface area contributed by atoms with Crippen LogP contribution in [-0.4, -0.2) is 12.2 Å². The highest BCUT2D eigenvalue weighted by Gasteiger charge is 2.59. The van der Waals surface area contributed by atoms with Gasteiger partial charge in [0.05, 0.1) is 12.2 Å². The Balaban J connectivity index is 1.67. The van der Waals surface area contributed by atoms with Crippen molar-refractivity contribution in [1.82, 2.24) is 0 Å². The third kappa shape index (κ3) is 1.13. The minimum Gasteiger partial charge on any atom is -0.370 e. The van der Waals surface area contributed by atoms with Crippen LogP contribution in [0.5, 0.6) is 0 Å². The molecule has 1 heteroatoms. The molecule has 3 saturated carbocycles. The summed E-state index contributed by atoms with van der Waals surface area (Å²) in [5.41, 5.74) is 0.664. The van der Waals surface area contributed by atoms with Crippen LogP contribution in [0.3, 0.4) is 0 Å². The molecule has 0 unspecified atom stereocenters. The first-order chi connectivity index (χ1) is 7.27. The lowest BCUT2D eigenvalue weighted by Crippen LogP contribution is -2.45. The number of hydrogen-bond acceptors (Lipinski definition) is 1. The van der Waals surface area contributed by atoms with Gasteiger partial charge in [-0.3, -0.25) is 0 Å². The van der Waals surface area contributed by atoms with E-state index in [4.69, 9.17) is 4.74 Å². The summed E-state index contributed by atoms with van der Waals surface area (Å²) in [6, 6.07) is 0. The number of fused-ring (bicyclic) bond motifs is 4. The summed E-state index contributed by atoms with van der Waals surface area (Å²) >= 11 is 0. The largest absolute Gasteiger partial charge is 0.370 e. The smallest absolute Gasteiger partial charge is 0.0847 e. The highest BCUT2D eigenvalue weighted by Crippen LogP contribution is 2.62. The molecule has 1 nitrogen and oxygen atoms in total. The standard InChI is InChI=1S/C14H22O/c1-14-8-13-12(15-13)7-10(14)6-5-9-3-2-4-11(9)14/h9-13H,2-8H2,1H3/t9-,10+,11+,12-,13+,14+/m1/s1. The molecule has 1 saturated heterocycles. The van der Waals surface area contributed by atoms with Gasteiger partial charge in [-0.15, -0.1) is 0 Å². The average Bonchev–Trinajstić information content (AvgIpc) is 2.77. The zero-order chi connectivity index (χ0) is 10.0. The molecule has 0 aromatic rings. The summed E-state index contributed by atoms with van der Waals surface area (Å²) in [7, 11) is 0. The van der Waals surface area contributed by atoms with E-state index in [1.54, 1.807) is 0 Å². The Morgan fingerprint density at radius 2 is 2.00 bits per heavy atom. The zero-order valence-corrected chi connectivity index (χ0v) is 9.74. The molecule has 0 aromatic heterocycles. The highest BCUT2D eigenvalue weighted by atomic mass is 16.6. The fourth-order valence-electron chi connectivity index (χ4n) is 5.28. The minimum absolute atomic E-state index is 0.664. The van der Waals surface area contributed by atoms with Crippen molar-refractivity contribution in [3.8, 4) is 0 Å². The van der Waals surface area contributed by atoms with Crippen molar-refractivity contribution in [1.29, 1.82) is 0 Å². The lowest BCUT2D eigenvalue weighted by Gasteiger charge is -2.51. The van der Waals surface area contributed by atoms with Gasteiger partial charge in [-0.25, -0.2) is 0 Å². The Morgan fingerprint density at radius 1 is 1.07 bits per heavy atom. The molecule has 4 rings (SSSR count). The predicted octanol–water partition coefficient (Wildman–Crippen LogP) is 3.38. The zero-order valence-electron chi connectivity index (χ0n) is 9.74. The van der Waals surface area contributed by atoms with Gasteiger partial charge in [0, 0.05) is 0 Å². The van der Waals surface area contributed by atoms with Crippen molar-refractivity contribution in [2.24, 2.45) is 23.2 Å². The Hall–Kier alpha value is -0.0400. The molecule has 4 aliphatic rings. The predicted molar refractivity (Wildman–Crippen MR) is 59.6 cm³/mol. The van der Waals surface area contributed by atoms with Crippen LogP contribution in [0.2, 0.25) is 0 Å². The lowest BCUT2D eigenvalue weighted by atomic mass is 9.53. The van der Waals surface area contributed by atoms with Crippen LogP contribution in [0.1, 0.15) is 51.9 Å². The van der Waals surface area contributed by atoms with Crippen molar-refractivity contribution >= 4 is 0 Å². The van der Waals surface area contributed by atoms with E-state index in [0.29, 0.717) is 17.6 Å². The molecule has 0 N–H and O–H groups in total. The van der Waals surface area contributed by atoms with Gasteiger partial charge in [0.2, 0.25) is 0 Å². The summed E-state index contributed by atoms with van der Waals surface area (Å²) in [5.74, 6) is 3.14. The van der Waals surface area contributed by atoms with Gasteiger partial charge in [-0.05, 0) is 55.3 Å². The molecule has 0 amide bonds. The molecule has 0 bridgehead atoms. The summed E-state index contributed by atoms with van der Waals surface area (Å²) in [5, 5.41) is 0. The molecule has 15 heavy (non-hydrogen) atoms. The minimum atomic E-state index is 0.664. The molecular formula is C14H22O. The third-order valence-corrected chi connectivity index (χ3v) is 6.17. The van der Waals surface area contributed by atoms with Crippen molar-refractivity contribution in [3.05, 3.63) is 0 Å². The number of ether oxygens (including phenoxy) is 1. The van der Waals surface area contributed by atoms with Crippen LogP contribution in [0, 0.1) is 23.2 Å². The van der Waals surface area contributed by atoms with Gasteiger partial charge in [-0.2, -0.15) is 0 Å². The number of hydrogen-bond donors (Lipinski definition) is 0. The second-order valence-corrected chi connectivity index (χ2v) is 6.73. The molecule has 4 fully saturated rings. The second-order valence-electron chi connectivity index (χ2n) is 6.73. The summed E-state index contributed by atoms with van der Waals surface area (Å²) in [4.78, 5) is 0. The molecule has 1 aliphatic heterocycles. The van der Waals surface area contributed by atoms with Crippen LogP contribution in [0.25, 0.3) is 0 Å². The van der Waals surface area contributed by atoms with Crippen LogP contribution < -0.4 is 0 Å². The average molecular weight is 206 g/mol. The van der Waals surface area contributed by atoms with Gasteiger partial charge in [0.1, 0.15) is 0 Å². The third-order valence-electron chi connectivity index (χ3n) is 6.17. The molecule has 6 atom stereocenters. The number of epoxide rings is 1. The molecular weight excluding hydrogens is 184 g/mol. The molecule has 0 spiro atoms. The van der Waals surface area contributed by atoms with E-state index in [1.807, 2.05) is 0 Å². The maximum absolute atomic E-state index is 5.78. The van der Waals surface area contributed by atoms with E-state index in [1.165, 1.54) is 44.9 Å². The molecule has 1 heterocycles. The van der Waals surface area contributed by atoms with E-state index >= 15 is 0 Å². The van der Waals surface area contributed by atoms with Gasteiger partial charge >= 0.3 is 0 Å². The maximum Gasteiger partial charge on any atom is 0.0847 e. The van der Waals surface area contributed by atoms with Crippen LogP contribution >= 0.6 is 0 Å². The van der Waals surface area contributed by atoms with E-state index in [0.717, 1.165) is 17.8 Å². The summed E-state index contributed by atoms with van der Waals surface area (Å²) in [6.45, 7) is 2.59. The quantitative estimate of drug-likeness (QED) is 0.553. The lowest BCUT2D eigenvalue weighted by molar-refractivity contribution is -0.0116. The topological polar surface area (TPSA) is 12.5 Å². The fourth-order valence-corrected chi connectivity index (χ4v) is 5.28. The van der Waals surface area contributed by atoms with E-state index in [2.05, 4.69) is 6.92 Å². The van der Waals surface area contributed by atoms with E-state index in [-0.39, 0.29) is 0 Å². The van der Waals surface area contributed by atoms with Crippen LogP contribution in [0.4, 0.5) is 0 Å². The van der Waals surface area contributed by atoms with Gasteiger partial charge in [0.15, 0.2) is 0 Å². The molecule has 0 aromatic carbocycles. The Morgan fingerprint density at radius 3 is 2.93 bits per heavy atom. The molecule has 0 radical (unpaired) electrons. The Labute approximate surface area is 92.6 Å². The normalized spacial score (nSPS) is 61.8. The second kappa shape index (κ2) is 2.80. The summed E-state index contributed by atoms with van der Waals surface area (Å²) < 4.78 is 5.78. The first kappa shape index (κ1) is 9.04. The van der Waals surface area contributed by atoms with E-state index < -0.39 is 0 Å². The van der Waals surface area contributed by atoms with Crippen molar-refractivity contribution in [2.75, 3.05) is 0 Å². The molecule has 84 valence electrons. The molecule has 3 aliphatic carbocycles. The maximum atomic E-state index is 5.78. The Kier molecular flexibility index (Phi) is 1.68. The monoisotopic (exact) mass is 206 g/mol. The van der Waals surface area contributed by atoms with Crippen molar-refractivity contribution in [2.45, 2.75) is 64.1 Å². The number of rotatable bonds is 0.